The molecule has 3 saturated carbocycles. The van der Waals surface area contributed by atoms with Gasteiger partial charge in [-0.2, -0.15) is 0 Å². The lowest BCUT2D eigenvalue weighted by Crippen LogP contribution is -2.69. The van der Waals surface area contributed by atoms with Gasteiger partial charge in [-0.3, -0.25) is 24.0 Å². The summed E-state index contributed by atoms with van der Waals surface area (Å²) in [5, 5.41) is 12.0. The summed E-state index contributed by atoms with van der Waals surface area (Å²) >= 11 is 7.57. The molecule has 4 aliphatic rings. The molecular formula is C36H52ClNO9. The van der Waals surface area contributed by atoms with Crippen LogP contribution in [0.3, 0.4) is 0 Å². The fourth-order valence-electron chi connectivity index (χ4n) is 8.97. The third-order valence-corrected chi connectivity index (χ3v) is 12.8. The number of fused-ring (bicyclic) bond motifs is 5. The highest BCUT2D eigenvalue weighted by molar-refractivity contribution is 6.26. The van der Waals surface area contributed by atoms with Gasteiger partial charge in [-0.1, -0.05) is 66.0 Å². The smallest absolute Gasteiger partial charge is 0.323 e. The average Bonchev–Trinajstić information content (AvgIpc) is 3.24. The van der Waals surface area contributed by atoms with Crippen molar-refractivity contribution in [2.24, 2.45) is 40.2 Å². The van der Waals surface area contributed by atoms with Crippen LogP contribution < -0.4 is 5.73 Å². The van der Waals surface area contributed by atoms with Gasteiger partial charge < -0.3 is 25.1 Å². The number of carbonyl (C=O) groups excluding carboxylic acids is 5. The van der Waals surface area contributed by atoms with E-state index in [4.69, 9.17) is 31.5 Å². The molecule has 10 nitrogen and oxygen atoms in total. The van der Waals surface area contributed by atoms with E-state index in [0.29, 0.717) is 25.7 Å². The summed E-state index contributed by atoms with van der Waals surface area (Å²) < 4.78 is 16.9. The number of nitrogens with two attached hydrogens (primary N) is 1. The van der Waals surface area contributed by atoms with Gasteiger partial charge in [0.15, 0.2) is 18.0 Å². The van der Waals surface area contributed by atoms with E-state index in [2.05, 4.69) is 0 Å². The molecule has 0 spiro atoms. The van der Waals surface area contributed by atoms with Gasteiger partial charge in [-0.25, -0.2) is 0 Å². The van der Waals surface area contributed by atoms with Gasteiger partial charge in [-0.15, -0.1) is 11.6 Å². The zero-order valence-electron chi connectivity index (χ0n) is 28.6. The van der Waals surface area contributed by atoms with Gasteiger partial charge in [0, 0.05) is 23.2 Å². The highest BCUT2D eigenvalue weighted by Crippen LogP contribution is 2.72. The van der Waals surface area contributed by atoms with Crippen LogP contribution in [0.4, 0.5) is 0 Å². The largest absolute Gasteiger partial charge is 0.464 e. The van der Waals surface area contributed by atoms with E-state index in [1.807, 2.05) is 47.6 Å². The number of hydrogen-bond donors (Lipinski definition) is 2. The summed E-state index contributed by atoms with van der Waals surface area (Å²) in [7, 11) is 0. The quantitative estimate of drug-likeness (QED) is 0.158. The first-order chi connectivity index (χ1) is 22.0. The average molecular weight is 678 g/mol. The maximum atomic E-state index is 14.4. The SMILES string of the molecule is CCCCC(=O)OC1(C(=O)COC(=O)CC(N)C(=O)OCC(C)CC)C(C)CC2C3CCC4=CC(=O)C=CC4(C)C3(Cl)C(O)CC21C. The van der Waals surface area contributed by atoms with Crippen molar-refractivity contribution in [1.82, 2.24) is 0 Å². The first-order valence-electron chi connectivity index (χ1n) is 17.2. The van der Waals surface area contributed by atoms with E-state index in [0.717, 1.165) is 18.4 Å². The van der Waals surface area contributed by atoms with Gasteiger partial charge >= 0.3 is 17.9 Å². The molecule has 0 aromatic heterocycles. The Morgan fingerprint density at radius 3 is 2.49 bits per heavy atom. The van der Waals surface area contributed by atoms with Crippen LogP contribution in [0.2, 0.25) is 0 Å². The van der Waals surface area contributed by atoms with Gasteiger partial charge in [-0.05, 0) is 62.0 Å². The van der Waals surface area contributed by atoms with Crippen molar-refractivity contribution in [3.8, 4) is 0 Å². The Bertz CT molecular complexity index is 1330. The molecule has 10 unspecified atom stereocenters. The van der Waals surface area contributed by atoms with Crippen molar-refractivity contribution in [2.45, 2.75) is 122 Å². The van der Waals surface area contributed by atoms with Crippen LogP contribution in [-0.2, 0) is 38.2 Å². The summed E-state index contributed by atoms with van der Waals surface area (Å²) in [4.78, 5) is 63.9. The fraction of sp³-hybridized carbons (Fsp3) is 0.750. The molecular weight excluding hydrogens is 626 g/mol. The van der Waals surface area contributed by atoms with Crippen molar-refractivity contribution in [1.29, 1.82) is 0 Å². The Balaban J connectivity index is 1.61. The van der Waals surface area contributed by atoms with Gasteiger partial charge in [0.1, 0.15) is 6.04 Å². The molecule has 4 aliphatic carbocycles. The molecule has 0 aromatic carbocycles. The number of alkyl halides is 1. The highest BCUT2D eigenvalue weighted by atomic mass is 35.5. The van der Waals surface area contributed by atoms with Gasteiger partial charge in [0.2, 0.25) is 5.78 Å². The second-order valence-electron chi connectivity index (χ2n) is 14.8. The van der Waals surface area contributed by atoms with Crippen molar-refractivity contribution in [3.05, 3.63) is 23.8 Å². The first kappa shape index (κ1) is 37.3. The highest BCUT2D eigenvalue weighted by Gasteiger charge is 2.76. The lowest BCUT2D eigenvalue weighted by atomic mass is 9.45. The van der Waals surface area contributed by atoms with Gasteiger partial charge in [0.05, 0.1) is 24.0 Å². The van der Waals surface area contributed by atoms with Gasteiger partial charge in [0.25, 0.3) is 0 Å². The predicted octanol–water partition coefficient (Wildman–Crippen LogP) is 4.76. The Kier molecular flexibility index (Phi) is 11.2. The van der Waals surface area contributed by atoms with E-state index < -0.39 is 76.1 Å². The molecule has 0 aromatic rings. The van der Waals surface area contributed by atoms with Crippen LogP contribution in [0.5, 0.6) is 0 Å². The number of Topliss-reactive ketones (excluding diaryl/α,β-unsaturated/α-hetero) is 1. The number of allylic oxidation sites excluding steroid dienone is 4. The number of unbranched alkanes of at least 4 members (excludes halogenated alkanes) is 1. The van der Waals surface area contributed by atoms with E-state index in [-0.39, 0.29) is 43.0 Å². The Morgan fingerprint density at radius 1 is 1.13 bits per heavy atom. The van der Waals surface area contributed by atoms with E-state index in [1.165, 1.54) is 6.08 Å². The number of aliphatic hydroxyl groups excluding tert-OH is 1. The Morgan fingerprint density at radius 2 is 1.83 bits per heavy atom. The number of esters is 3. The molecule has 262 valence electrons. The molecule has 0 amide bonds. The van der Waals surface area contributed by atoms with E-state index in [1.54, 1.807) is 6.08 Å². The summed E-state index contributed by atoms with van der Waals surface area (Å²) in [6.07, 6.45) is 7.33. The molecule has 0 aliphatic heterocycles. The molecule has 11 heteroatoms. The topological polar surface area (TPSA) is 159 Å². The number of carbonyl (C=O) groups is 5. The maximum absolute atomic E-state index is 14.4. The summed E-state index contributed by atoms with van der Waals surface area (Å²) in [6.45, 7) is 11.0. The lowest BCUT2D eigenvalue weighted by Gasteiger charge is -2.64. The van der Waals surface area contributed by atoms with Crippen molar-refractivity contribution in [3.63, 3.8) is 0 Å². The standard InChI is InChI=1S/C36H52ClNO9/c1-7-9-10-30(42)47-36(29(41)20-45-31(43)17-27(38)32(44)46-19-21(3)8-2)22(4)15-26-25-12-11-23-16-24(39)13-14-33(23,5)35(25,37)28(40)18-34(26,36)6/h13-14,16,21-22,25-28,40H,7-12,15,17-20,38H2,1-6H3. The number of halogens is 1. The summed E-state index contributed by atoms with van der Waals surface area (Å²) in [5.41, 5.74) is 3.26. The Hall–Kier alpha value is -2.56. The number of rotatable bonds is 13. The molecule has 0 radical (unpaired) electrons. The summed E-state index contributed by atoms with van der Waals surface area (Å²) in [5.74, 6) is -3.64. The minimum atomic E-state index is -1.70. The van der Waals surface area contributed by atoms with E-state index in [9.17, 15) is 29.1 Å². The molecule has 10 atom stereocenters. The van der Waals surface area contributed by atoms with Crippen LogP contribution in [0.1, 0.15) is 99.3 Å². The van der Waals surface area contributed by atoms with E-state index >= 15 is 0 Å². The van der Waals surface area contributed by atoms with Crippen molar-refractivity contribution >= 4 is 41.1 Å². The second kappa shape index (κ2) is 14.1. The molecule has 4 rings (SSSR count). The number of ketones is 2. The normalized spacial score (nSPS) is 37.0. The third-order valence-electron chi connectivity index (χ3n) is 11.9. The van der Waals surface area contributed by atoms with Crippen LogP contribution in [0, 0.1) is 34.5 Å². The molecule has 0 bridgehead atoms. The molecule has 3 fully saturated rings. The molecule has 3 N–H and O–H groups in total. The van der Waals surface area contributed by atoms with Crippen molar-refractivity contribution < 1.29 is 43.3 Å². The number of hydrogen-bond acceptors (Lipinski definition) is 10. The second-order valence-corrected chi connectivity index (χ2v) is 15.4. The minimum absolute atomic E-state index is 0.0559. The first-order valence-corrected chi connectivity index (χ1v) is 17.5. The van der Waals surface area contributed by atoms with Crippen LogP contribution >= 0.6 is 11.6 Å². The zero-order valence-corrected chi connectivity index (χ0v) is 29.4. The zero-order chi connectivity index (χ0) is 34.9. The molecule has 0 heterocycles. The fourth-order valence-corrected chi connectivity index (χ4v) is 9.50. The van der Waals surface area contributed by atoms with Crippen LogP contribution in [0.15, 0.2) is 23.8 Å². The maximum Gasteiger partial charge on any atom is 0.323 e. The monoisotopic (exact) mass is 677 g/mol. The molecule has 0 saturated heterocycles. The third kappa shape index (κ3) is 6.34. The summed E-state index contributed by atoms with van der Waals surface area (Å²) in [6, 6.07) is -1.25. The predicted molar refractivity (Wildman–Crippen MR) is 175 cm³/mol. The number of ether oxygens (including phenoxy) is 3. The minimum Gasteiger partial charge on any atom is -0.464 e. The van der Waals surface area contributed by atoms with Crippen molar-refractivity contribution in [2.75, 3.05) is 13.2 Å². The lowest BCUT2D eigenvalue weighted by molar-refractivity contribution is -0.204. The van der Waals surface area contributed by atoms with Crippen LogP contribution in [0.25, 0.3) is 0 Å². The number of aliphatic hydroxyl groups is 1. The molecule has 47 heavy (non-hydrogen) atoms. The Labute approximate surface area is 283 Å². The van der Waals surface area contributed by atoms with Crippen LogP contribution in [-0.4, -0.2) is 70.4 Å².